The molecule has 0 saturated heterocycles. The number of amides is 2. The zero-order chi connectivity index (χ0) is 18.3. The SMILES string of the molecule is CC(C)(C)OC(=O)NCCC(=O)NCCc1ccc2c(c1)OCCO2. The molecule has 1 aromatic carbocycles. The van der Waals surface area contributed by atoms with Crippen LogP contribution in [0, 0.1) is 0 Å². The van der Waals surface area contributed by atoms with Gasteiger partial charge in [-0.3, -0.25) is 4.79 Å². The van der Waals surface area contributed by atoms with Gasteiger partial charge in [-0.1, -0.05) is 6.07 Å². The molecule has 0 aliphatic carbocycles. The zero-order valence-corrected chi connectivity index (χ0v) is 15.0. The lowest BCUT2D eigenvalue weighted by atomic mass is 10.1. The molecule has 0 unspecified atom stereocenters. The van der Waals surface area contributed by atoms with Crippen LogP contribution in [0.15, 0.2) is 18.2 Å². The van der Waals surface area contributed by atoms with Crippen molar-refractivity contribution in [3.05, 3.63) is 23.8 Å². The molecule has 7 heteroatoms. The van der Waals surface area contributed by atoms with Crippen LogP contribution in [0.5, 0.6) is 11.5 Å². The number of nitrogens with one attached hydrogen (secondary N) is 2. The smallest absolute Gasteiger partial charge is 0.407 e. The number of rotatable bonds is 6. The van der Waals surface area contributed by atoms with Crippen LogP contribution in [0.3, 0.4) is 0 Å². The Balaban J connectivity index is 1.63. The first-order valence-corrected chi connectivity index (χ1v) is 8.45. The summed E-state index contributed by atoms with van der Waals surface area (Å²) < 4.78 is 16.1. The molecule has 0 atom stereocenters. The normalized spacial score (nSPS) is 13.1. The third kappa shape index (κ3) is 6.91. The van der Waals surface area contributed by atoms with Gasteiger partial charge in [-0.25, -0.2) is 4.79 Å². The lowest BCUT2D eigenvalue weighted by Crippen LogP contribution is -2.35. The highest BCUT2D eigenvalue weighted by molar-refractivity contribution is 5.77. The number of alkyl carbamates (subject to hydrolysis) is 1. The molecule has 1 aliphatic rings. The van der Waals surface area contributed by atoms with Gasteiger partial charge in [0.1, 0.15) is 18.8 Å². The molecule has 1 aromatic rings. The second-order valence-corrected chi connectivity index (χ2v) is 6.76. The molecule has 25 heavy (non-hydrogen) atoms. The lowest BCUT2D eigenvalue weighted by molar-refractivity contribution is -0.120. The molecule has 0 radical (unpaired) electrons. The summed E-state index contributed by atoms with van der Waals surface area (Å²) >= 11 is 0. The largest absolute Gasteiger partial charge is 0.486 e. The lowest BCUT2D eigenvalue weighted by Gasteiger charge is -2.19. The predicted octanol–water partition coefficient (Wildman–Crippen LogP) is 2.03. The van der Waals surface area contributed by atoms with Gasteiger partial charge in [0.15, 0.2) is 11.5 Å². The minimum absolute atomic E-state index is 0.117. The van der Waals surface area contributed by atoms with Crippen molar-refractivity contribution in [1.29, 1.82) is 0 Å². The molecule has 2 amide bonds. The maximum Gasteiger partial charge on any atom is 0.407 e. The van der Waals surface area contributed by atoms with Crippen LogP contribution in [0.4, 0.5) is 4.79 Å². The summed E-state index contributed by atoms with van der Waals surface area (Å²) in [5.74, 6) is 1.39. The number of carbonyl (C=O) groups is 2. The minimum Gasteiger partial charge on any atom is -0.486 e. The van der Waals surface area contributed by atoms with E-state index < -0.39 is 11.7 Å². The molecule has 0 aromatic heterocycles. The van der Waals surface area contributed by atoms with E-state index in [1.165, 1.54) is 0 Å². The highest BCUT2D eigenvalue weighted by atomic mass is 16.6. The van der Waals surface area contributed by atoms with Crippen molar-refractivity contribution in [1.82, 2.24) is 10.6 Å². The van der Waals surface area contributed by atoms with E-state index in [1.54, 1.807) is 20.8 Å². The standard InChI is InChI=1S/C18H26N2O5/c1-18(2,3)25-17(22)20-9-7-16(21)19-8-6-13-4-5-14-15(12-13)24-11-10-23-14/h4-5,12H,6-11H2,1-3H3,(H,19,21)(H,20,22). The van der Waals surface area contributed by atoms with E-state index in [1.807, 2.05) is 18.2 Å². The summed E-state index contributed by atoms with van der Waals surface area (Å²) in [4.78, 5) is 23.3. The van der Waals surface area contributed by atoms with Crippen LogP contribution < -0.4 is 20.1 Å². The maximum absolute atomic E-state index is 11.8. The van der Waals surface area contributed by atoms with E-state index in [0.717, 1.165) is 17.1 Å². The van der Waals surface area contributed by atoms with Crippen molar-refractivity contribution in [2.24, 2.45) is 0 Å². The highest BCUT2D eigenvalue weighted by Crippen LogP contribution is 2.30. The second kappa shape index (κ2) is 8.60. The van der Waals surface area contributed by atoms with Gasteiger partial charge >= 0.3 is 6.09 Å². The molecule has 0 bridgehead atoms. The Hall–Kier alpha value is -2.44. The molecule has 7 nitrogen and oxygen atoms in total. The molecule has 1 aliphatic heterocycles. The monoisotopic (exact) mass is 350 g/mol. The highest BCUT2D eigenvalue weighted by Gasteiger charge is 2.16. The second-order valence-electron chi connectivity index (χ2n) is 6.76. The Labute approximate surface area is 148 Å². The fraction of sp³-hybridized carbons (Fsp3) is 0.556. The van der Waals surface area contributed by atoms with Crippen molar-refractivity contribution in [3.8, 4) is 11.5 Å². The first kappa shape index (κ1) is 18.9. The van der Waals surface area contributed by atoms with Crippen LogP contribution in [0.2, 0.25) is 0 Å². The molecular weight excluding hydrogens is 324 g/mol. The van der Waals surface area contributed by atoms with Gasteiger partial charge in [-0.15, -0.1) is 0 Å². The number of carbonyl (C=O) groups excluding carboxylic acids is 2. The van der Waals surface area contributed by atoms with Gasteiger partial charge in [0.25, 0.3) is 0 Å². The molecule has 0 spiro atoms. The minimum atomic E-state index is -0.546. The quantitative estimate of drug-likeness (QED) is 0.820. The zero-order valence-electron chi connectivity index (χ0n) is 15.0. The summed E-state index contributed by atoms with van der Waals surface area (Å²) in [6.45, 7) is 7.25. The molecule has 0 saturated carbocycles. The van der Waals surface area contributed by atoms with Gasteiger partial charge in [-0.2, -0.15) is 0 Å². The van der Waals surface area contributed by atoms with Gasteiger partial charge < -0.3 is 24.8 Å². The van der Waals surface area contributed by atoms with E-state index in [-0.39, 0.29) is 18.9 Å². The third-order valence-corrected chi connectivity index (χ3v) is 3.36. The van der Waals surface area contributed by atoms with Crippen molar-refractivity contribution >= 4 is 12.0 Å². The summed E-state index contributed by atoms with van der Waals surface area (Å²) in [7, 11) is 0. The van der Waals surface area contributed by atoms with Crippen LogP contribution in [-0.2, 0) is 16.0 Å². The van der Waals surface area contributed by atoms with Crippen LogP contribution in [0.25, 0.3) is 0 Å². The van der Waals surface area contributed by atoms with Crippen LogP contribution in [0.1, 0.15) is 32.8 Å². The van der Waals surface area contributed by atoms with Crippen molar-refractivity contribution < 1.29 is 23.8 Å². The number of hydrogen-bond acceptors (Lipinski definition) is 5. The van der Waals surface area contributed by atoms with E-state index in [2.05, 4.69) is 10.6 Å². The first-order valence-electron chi connectivity index (χ1n) is 8.45. The van der Waals surface area contributed by atoms with E-state index in [9.17, 15) is 9.59 Å². The molecule has 2 N–H and O–H groups in total. The topological polar surface area (TPSA) is 85.9 Å². The first-order chi connectivity index (χ1) is 11.8. The Kier molecular flexibility index (Phi) is 6.50. The average Bonchev–Trinajstić information content (AvgIpc) is 2.53. The molecular formula is C18H26N2O5. The van der Waals surface area contributed by atoms with Crippen LogP contribution >= 0.6 is 0 Å². The van der Waals surface area contributed by atoms with Gasteiger partial charge in [-0.05, 0) is 44.9 Å². The van der Waals surface area contributed by atoms with E-state index in [4.69, 9.17) is 14.2 Å². The third-order valence-electron chi connectivity index (χ3n) is 3.36. The van der Waals surface area contributed by atoms with E-state index in [0.29, 0.717) is 26.2 Å². The predicted molar refractivity (Wildman–Crippen MR) is 93.0 cm³/mol. The van der Waals surface area contributed by atoms with Crippen molar-refractivity contribution in [2.75, 3.05) is 26.3 Å². The Morgan fingerprint density at radius 2 is 1.80 bits per heavy atom. The van der Waals surface area contributed by atoms with Gasteiger partial charge in [0, 0.05) is 19.5 Å². The van der Waals surface area contributed by atoms with Crippen LogP contribution in [-0.4, -0.2) is 43.9 Å². The summed E-state index contributed by atoms with van der Waals surface area (Å²) in [5.41, 5.74) is 0.520. The molecule has 138 valence electrons. The Morgan fingerprint density at radius 3 is 2.52 bits per heavy atom. The molecule has 1 heterocycles. The number of benzene rings is 1. The summed E-state index contributed by atoms with van der Waals surface area (Å²) in [5, 5.41) is 5.39. The fourth-order valence-electron chi connectivity index (χ4n) is 2.27. The number of hydrogen-bond donors (Lipinski definition) is 2. The maximum atomic E-state index is 11.8. The molecule has 0 fully saturated rings. The number of fused-ring (bicyclic) bond motifs is 1. The fourth-order valence-corrected chi connectivity index (χ4v) is 2.27. The van der Waals surface area contributed by atoms with Gasteiger partial charge in [0.05, 0.1) is 0 Å². The Bertz CT molecular complexity index is 610. The van der Waals surface area contributed by atoms with Crippen molar-refractivity contribution in [3.63, 3.8) is 0 Å². The molecule has 2 rings (SSSR count). The Morgan fingerprint density at radius 1 is 1.08 bits per heavy atom. The summed E-state index contributed by atoms with van der Waals surface area (Å²) in [6, 6.07) is 5.78. The summed E-state index contributed by atoms with van der Waals surface area (Å²) in [6.07, 6.45) is 0.388. The van der Waals surface area contributed by atoms with Crippen molar-refractivity contribution in [2.45, 2.75) is 39.2 Å². The van der Waals surface area contributed by atoms with Gasteiger partial charge in [0.2, 0.25) is 5.91 Å². The average molecular weight is 350 g/mol. The number of ether oxygens (including phenoxy) is 3. The van der Waals surface area contributed by atoms with E-state index >= 15 is 0 Å².